The van der Waals surface area contributed by atoms with E-state index >= 15 is 0 Å². The van der Waals surface area contributed by atoms with Gasteiger partial charge < -0.3 is 10.6 Å². The zero-order valence-electron chi connectivity index (χ0n) is 14.8. The minimum atomic E-state index is 0.258. The van der Waals surface area contributed by atoms with E-state index in [0.29, 0.717) is 12.3 Å². The molecule has 1 amide bonds. The highest BCUT2D eigenvalue weighted by molar-refractivity contribution is 5.76. The van der Waals surface area contributed by atoms with Crippen molar-refractivity contribution in [1.29, 1.82) is 0 Å². The van der Waals surface area contributed by atoms with Crippen LogP contribution in [0.3, 0.4) is 0 Å². The van der Waals surface area contributed by atoms with Gasteiger partial charge in [-0.25, -0.2) is 0 Å². The highest BCUT2D eigenvalue weighted by Crippen LogP contribution is 2.20. The first-order chi connectivity index (χ1) is 12.2. The zero-order valence-corrected chi connectivity index (χ0v) is 14.8. The summed E-state index contributed by atoms with van der Waals surface area (Å²) in [4.78, 5) is 14.8. The number of likely N-dealkylation sites (tertiary alicyclic amines) is 1. The van der Waals surface area contributed by atoms with Gasteiger partial charge in [0.05, 0.1) is 0 Å². The Hall–Kier alpha value is -2.13. The second-order valence-corrected chi connectivity index (χ2v) is 7.17. The maximum atomic E-state index is 12.8. The van der Waals surface area contributed by atoms with Crippen molar-refractivity contribution in [3.8, 4) is 0 Å². The van der Waals surface area contributed by atoms with Crippen LogP contribution in [0.25, 0.3) is 0 Å². The Labute approximate surface area is 150 Å². The Balaban J connectivity index is 1.66. The van der Waals surface area contributed by atoms with Gasteiger partial charge >= 0.3 is 0 Å². The van der Waals surface area contributed by atoms with Crippen molar-refractivity contribution in [3.63, 3.8) is 0 Å². The largest absolute Gasteiger partial charge is 0.343 e. The zero-order chi connectivity index (χ0) is 17.5. The van der Waals surface area contributed by atoms with E-state index in [-0.39, 0.29) is 11.9 Å². The molecule has 0 aromatic heterocycles. The van der Waals surface area contributed by atoms with E-state index in [2.05, 4.69) is 48.5 Å². The number of hydrogen-bond donors (Lipinski definition) is 1. The molecule has 0 saturated carbocycles. The molecule has 2 N–H and O–H groups in total. The first-order valence-corrected chi connectivity index (χ1v) is 9.32. The quantitative estimate of drug-likeness (QED) is 0.878. The molecule has 3 nitrogen and oxygen atoms in total. The number of nitrogens with two attached hydrogens (primary N) is 1. The van der Waals surface area contributed by atoms with Crippen LogP contribution in [0.4, 0.5) is 0 Å². The Bertz CT molecular complexity index is 607. The highest BCUT2D eigenvalue weighted by atomic mass is 16.2. The van der Waals surface area contributed by atoms with E-state index < -0.39 is 0 Å². The molecule has 1 saturated heterocycles. The maximum Gasteiger partial charge on any atom is 0.222 e. The van der Waals surface area contributed by atoms with Crippen LogP contribution >= 0.6 is 0 Å². The standard InChI is InChI=1S/C22H28N2O/c23-21-11-13-24(14-12-21)22(25)17-20(15-18-7-3-1-4-8-18)16-19-9-5-2-6-10-19/h1-10,20-21H,11-17,23H2. The maximum absolute atomic E-state index is 12.8. The number of carbonyl (C=O) groups excluding carboxylic acids is 1. The minimum absolute atomic E-state index is 0.258. The third kappa shape index (κ3) is 5.43. The number of benzene rings is 2. The SMILES string of the molecule is NC1CCN(C(=O)CC(Cc2ccccc2)Cc2ccccc2)CC1. The Kier molecular flexibility index (Phi) is 6.24. The Morgan fingerprint density at radius 1 is 0.920 bits per heavy atom. The molecule has 1 aliphatic rings. The van der Waals surface area contributed by atoms with Gasteiger partial charge in [-0.3, -0.25) is 4.79 Å². The topological polar surface area (TPSA) is 46.3 Å². The number of rotatable bonds is 6. The lowest BCUT2D eigenvalue weighted by Crippen LogP contribution is -2.43. The number of amides is 1. The number of carbonyl (C=O) groups is 1. The molecule has 0 atom stereocenters. The monoisotopic (exact) mass is 336 g/mol. The third-order valence-corrected chi connectivity index (χ3v) is 5.09. The smallest absolute Gasteiger partial charge is 0.222 e. The van der Waals surface area contributed by atoms with Crippen LogP contribution in [0.5, 0.6) is 0 Å². The van der Waals surface area contributed by atoms with Gasteiger partial charge in [-0.2, -0.15) is 0 Å². The van der Waals surface area contributed by atoms with Crippen LogP contribution in [-0.2, 0) is 17.6 Å². The molecule has 1 heterocycles. The second-order valence-electron chi connectivity index (χ2n) is 7.17. The van der Waals surface area contributed by atoms with Crippen LogP contribution in [0.2, 0.25) is 0 Å². The second kappa shape index (κ2) is 8.82. The van der Waals surface area contributed by atoms with Gasteiger partial charge in [-0.1, -0.05) is 60.7 Å². The van der Waals surface area contributed by atoms with Gasteiger partial charge in [-0.15, -0.1) is 0 Å². The predicted octanol–water partition coefficient (Wildman–Crippen LogP) is 3.43. The molecule has 3 rings (SSSR count). The summed E-state index contributed by atoms with van der Waals surface area (Å²) in [5.74, 6) is 0.608. The molecule has 2 aromatic rings. The van der Waals surface area contributed by atoms with Crippen molar-refractivity contribution >= 4 is 5.91 Å². The summed E-state index contributed by atoms with van der Waals surface area (Å²) in [6.45, 7) is 1.62. The summed E-state index contributed by atoms with van der Waals surface area (Å²) < 4.78 is 0. The van der Waals surface area contributed by atoms with Gasteiger partial charge in [0.2, 0.25) is 5.91 Å². The first kappa shape index (κ1) is 17.7. The minimum Gasteiger partial charge on any atom is -0.343 e. The fraction of sp³-hybridized carbons (Fsp3) is 0.409. The van der Waals surface area contributed by atoms with Crippen molar-refractivity contribution in [2.24, 2.45) is 11.7 Å². The third-order valence-electron chi connectivity index (χ3n) is 5.09. The summed E-state index contributed by atoms with van der Waals surface area (Å²) in [6, 6.07) is 21.2. The molecule has 0 bridgehead atoms. The summed E-state index contributed by atoms with van der Waals surface area (Å²) in [7, 11) is 0. The van der Waals surface area contributed by atoms with Gasteiger partial charge in [0, 0.05) is 25.6 Å². The molecule has 1 fully saturated rings. The lowest BCUT2D eigenvalue weighted by Gasteiger charge is -2.31. The van der Waals surface area contributed by atoms with E-state index in [0.717, 1.165) is 38.8 Å². The van der Waals surface area contributed by atoms with Crippen LogP contribution in [0.15, 0.2) is 60.7 Å². The highest BCUT2D eigenvalue weighted by Gasteiger charge is 2.23. The van der Waals surface area contributed by atoms with Crippen molar-refractivity contribution in [1.82, 2.24) is 4.90 Å². The summed E-state index contributed by atoms with van der Waals surface area (Å²) in [5, 5.41) is 0. The molecule has 3 heteroatoms. The van der Waals surface area contributed by atoms with Gasteiger partial charge in [0.15, 0.2) is 0 Å². The molecule has 132 valence electrons. The molecular weight excluding hydrogens is 308 g/mol. The van der Waals surface area contributed by atoms with E-state index in [1.807, 2.05) is 17.0 Å². The van der Waals surface area contributed by atoms with Crippen molar-refractivity contribution < 1.29 is 4.79 Å². The van der Waals surface area contributed by atoms with Crippen LogP contribution < -0.4 is 5.73 Å². The average molecular weight is 336 g/mol. The van der Waals surface area contributed by atoms with Crippen LogP contribution in [0, 0.1) is 5.92 Å². The number of piperidine rings is 1. The predicted molar refractivity (Wildman–Crippen MR) is 102 cm³/mol. The van der Waals surface area contributed by atoms with Crippen molar-refractivity contribution in [2.45, 2.75) is 38.1 Å². The molecule has 0 aliphatic carbocycles. The molecule has 0 radical (unpaired) electrons. The fourth-order valence-electron chi connectivity index (χ4n) is 3.64. The Morgan fingerprint density at radius 3 is 1.88 bits per heavy atom. The molecule has 1 aliphatic heterocycles. The van der Waals surface area contributed by atoms with E-state index in [4.69, 9.17) is 5.73 Å². The first-order valence-electron chi connectivity index (χ1n) is 9.32. The van der Waals surface area contributed by atoms with Crippen LogP contribution in [0.1, 0.15) is 30.4 Å². The van der Waals surface area contributed by atoms with Gasteiger partial charge in [0.1, 0.15) is 0 Å². The molecule has 25 heavy (non-hydrogen) atoms. The molecule has 2 aromatic carbocycles. The molecular formula is C22H28N2O. The average Bonchev–Trinajstić information content (AvgIpc) is 2.64. The van der Waals surface area contributed by atoms with Gasteiger partial charge in [-0.05, 0) is 42.7 Å². The molecule has 0 spiro atoms. The Morgan fingerprint density at radius 2 is 1.40 bits per heavy atom. The van der Waals surface area contributed by atoms with E-state index in [1.165, 1.54) is 11.1 Å². The van der Waals surface area contributed by atoms with Gasteiger partial charge in [0.25, 0.3) is 0 Å². The molecule has 0 unspecified atom stereocenters. The number of nitrogens with zero attached hydrogens (tertiary/aromatic N) is 1. The number of hydrogen-bond acceptors (Lipinski definition) is 2. The summed E-state index contributed by atoms with van der Waals surface area (Å²) >= 11 is 0. The van der Waals surface area contributed by atoms with E-state index in [9.17, 15) is 4.79 Å². The van der Waals surface area contributed by atoms with Crippen molar-refractivity contribution in [3.05, 3.63) is 71.8 Å². The van der Waals surface area contributed by atoms with E-state index in [1.54, 1.807) is 0 Å². The van der Waals surface area contributed by atoms with Crippen LogP contribution in [-0.4, -0.2) is 29.9 Å². The lowest BCUT2D eigenvalue weighted by atomic mass is 9.89. The normalized spacial score (nSPS) is 15.5. The summed E-state index contributed by atoms with van der Waals surface area (Å²) in [5.41, 5.74) is 8.57. The van der Waals surface area contributed by atoms with Crippen molar-refractivity contribution in [2.75, 3.05) is 13.1 Å². The lowest BCUT2D eigenvalue weighted by molar-refractivity contribution is -0.133. The summed E-state index contributed by atoms with van der Waals surface area (Å²) in [6.07, 6.45) is 4.34. The fourth-order valence-corrected chi connectivity index (χ4v) is 3.64.